The van der Waals surface area contributed by atoms with Gasteiger partial charge < -0.3 is 20.5 Å². The Morgan fingerprint density at radius 2 is 1.61 bits per heavy atom. The second kappa shape index (κ2) is 11.7. The number of ether oxygens (including phenoxy) is 1. The lowest BCUT2D eigenvalue weighted by Crippen LogP contribution is -2.46. The van der Waals surface area contributed by atoms with Crippen molar-refractivity contribution in [1.82, 2.24) is 10.6 Å². The number of aromatic hydroxyl groups is 1. The summed E-state index contributed by atoms with van der Waals surface area (Å²) in [4.78, 5) is 36.4. The van der Waals surface area contributed by atoms with Crippen LogP contribution in [0.25, 0.3) is 0 Å². The Morgan fingerprint density at radius 3 is 2.11 bits per heavy atom. The highest BCUT2D eigenvalue weighted by atomic mass is 35.5. The van der Waals surface area contributed by atoms with Gasteiger partial charge in [-0.2, -0.15) is 5.10 Å². The van der Waals surface area contributed by atoms with E-state index in [1.165, 1.54) is 13.0 Å². The van der Waals surface area contributed by atoms with Crippen LogP contribution in [0.15, 0.2) is 35.4 Å². The van der Waals surface area contributed by atoms with E-state index in [2.05, 4.69) is 10.4 Å². The van der Waals surface area contributed by atoms with Gasteiger partial charge in [0.2, 0.25) is 6.41 Å². The molecule has 0 spiro atoms. The van der Waals surface area contributed by atoms with E-state index in [9.17, 15) is 32.7 Å². The SMILES string of the molecule is CNC(=O)/C(=N\N(C=O)c1cc(Cl)c(Oc2ccc(O)c(C(=O)NC3(C)CC4(F)CC(C)(F)CC4(F)C3)c2)c(Cl)c1)C(F)F. The smallest absolute Gasteiger partial charge is 0.287 e. The Labute approximate surface area is 258 Å². The van der Waals surface area contributed by atoms with Crippen LogP contribution in [-0.2, 0) is 9.59 Å². The van der Waals surface area contributed by atoms with Crippen molar-refractivity contribution in [2.24, 2.45) is 5.10 Å². The monoisotopic (exact) mass is 664 g/mol. The minimum absolute atomic E-state index is 0.0441. The first-order valence-corrected chi connectivity index (χ1v) is 13.8. The van der Waals surface area contributed by atoms with Gasteiger partial charge in [-0.3, -0.25) is 14.4 Å². The number of anilines is 1. The van der Waals surface area contributed by atoms with Crippen molar-refractivity contribution in [3.63, 3.8) is 0 Å². The molecule has 0 aliphatic heterocycles. The molecular weight excluding hydrogens is 638 g/mol. The molecule has 2 saturated carbocycles. The zero-order valence-electron chi connectivity index (χ0n) is 23.5. The van der Waals surface area contributed by atoms with E-state index in [1.807, 2.05) is 5.32 Å². The molecule has 4 rings (SSSR count). The molecule has 9 nitrogen and oxygen atoms in total. The minimum atomic E-state index is -3.31. The summed E-state index contributed by atoms with van der Waals surface area (Å²) in [6.45, 7) is 2.58. The summed E-state index contributed by atoms with van der Waals surface area (Å²) in [5.74, 6) is -2.87. The largest absolute Gasteiger partial charge is 0.507 e. The number of halogens is 7. The number of carbonyl (C=O) groups is 3. The van der Waals surface area contributed by atoms with Crippen LogP contribution in [0.2, 0.25) is 10.0 Å². The Hall–Kier alpha value is -3.65. The van der Waals surface area contributed by atoms with Crippen LogP contribution in [-0.4, -0.2) is 65.1 Å². The molecule has 2 atom stereocenters. The molecule has 2 unspecified atom stereocenters. The second-order valence-electron chi connectivity index (χ2n) is 11.4. The normalized spacial score (nSPS) is 28.0. The summed E-state index contributed by atoms with van der Waals surface area (Å²) < 4.78 is 77.7. The number of carbonyl (C=O) groups excluding carboxylic acids is 3. The molecule has 2 aliphatic rings. The zero-order chi connectivity index (χ0) is 32.8. The number of phenolic OH excluding ortho intramolecular Hbond substituents is 1. The van der Waals surface area contributed by atoms with E-state index in [-0.39, 0.29) is 39.2 Å². The lowest BCUT2D eigenvalue weighted by molar-refractivity contribution is -0.114. The number of rotatable bonds is 9. The Morgan fingerprint density at radius 1 is 1.05 bits per heavy atom. The molecule has 2 aromatic rings. The summed E-state index contributed by atoms with van der Waals surface area (Å²) in [6, 6.07) is 5.65. The fourth-order valence-electron chi connectivity index (χ4n) is 5.95. The highest BCUT2D eigenvalue weighted by molar-refractivity contribution is 6.40. The molecule has 3 amide bonds. The van der Waals surface area contributed by atoms with Gasteiger partial charge in [-0.05, 0) is 44.2 Å². The Balaban J connectivity index is 1.56. The molecule has 0 saturated heterocycles. The van der Waals surface area contributed by atoms with E-state index in [1.54, 1.807) is 0 Å². The topological polar surface area (TPSA) is 120 Å². The summed E-state index contributed by atoms with van der Waals surface area (Å²) in [5, 5.41) is 18.2. The number of alkyl halides is 5. The summed E-state index contributed by atoms with van der Waals surface area (Å²) in [6.07, 6.45) is -5.50. The predicted molar refractivity (Wildman–Crippen MR) is 152 cm³/mol. The molecular formula is C28H27Cl2F5N4O5. The van der Waals surface area contributed by atoms with E-state index in [0.29, 0.717) is 5.01 Å². The first-order chi connectivity index (χ1) is 20.3. The van der Waals surface area contributed by atoms with E-state index >= 15 is 8.78 Å². The molecule has 0 radical (unpaired) electrons. The number of nitrogens with one attached hydrogen (secondary N) is 2. The van der Waals surface area contributed by atoms with Gasteiger partial charge in [0.05, 0.1) is 21.3 Å². The molecule has 44 heavy (non-hydrogen) atoms. The fourth-order valence-corrected chi connectivity index (χ4v) is 6.50. The standard InChI is InChI=1S/C28H27Cl2F5N4O5/c1-25(33)9-27(34)11-26(2,12-28(27,35)10-25)37-23(42)16-8-15(4-5-19(16)41)44-21-17(29)6-14(7-18(21)30)39(13-40)38-20(22(31)32)24(43)36-3/h4-8,13,22,41H,9-12H2,1-3H3,(H,36,43)(H,37,42)/b38-20-. The molecule has 2 aromatic carbocycles. The molecule has 2 aliphatic carbocycles. The van der Waals surface area contributed by atoms with Crippen molar-refractivity contribution in [1.29, 1.82) is 0 Å². The van der Waals surface area contributed by atoms with Crippen LogP contribution < -0.4 is 20.4 Å². The molecule has 2 fully saturated rings. The lowest BCUT2D eigenvalue weighted by atomic mass is 9.91. The van der Waals surface area contributed by atoms with Gasteiger partial charge in [0, 0.05) is 38.3 Å². The number of nitrogens with zero attached hydrogens (tertiary/aromatic N) is 2. The van der Waals surface area contributed by atoms with Crippen LogP contribution in [0.4, 0.5) is 27.6 Å². The Kier molecular flexibility index (Phi) is 8.84. The van der Waals surface area contributed by atoms with E-state index in [0.717, 1.165) is 38.2 Å². The highest BCUT2D eigenvalue weighted by Gasteiger charge is 2.72. The van der Waals surface area contributed by atoms with Crippen LogP contribution in [0.3, 0.4) is 0 Å². The van der Waals surface area contributed by atoms with Gasteiger partial charge >= 0.3 is 0 Å². The molecule has 0 heterocycles. The van der Waals surface area contributed by atoms with Gasteiger partial charge in [0.15, 0.2) is 11.5 Å². The van der Waals surface area contributed by atoms with E-state index in [4.69, 9.17) is 27.9 Å². The maximum Gasteiger partial charge on any atom is 0.287 e. The third-order valence-electron chi connectivity index (χ3n) is 7.52. The molecule has 16 heteroatoms. The summed E-state index contributed by atoms with van der Waals surface area (Å²) in [5.41, 5.74) is -10.1. The Bertz CT molecular complexity index is 1500. The number of fused-ring (bicyclic) bond motifs is 1. The third-order valence-corrected chi connectivity index (χ3v) is 8.08. The van der Waals surface area contributed by atoms with Gasteiger partial charge in [-0.1, -0.05) is 23.2 Å². The molecule has 238 valence electrons. The number of benzene rings is 2. The number of hydrogen-bond donors (Lipinski definition) is 3. The predicted octanol–water partition coefficient (Wildman–Crippen LogP) is 6.04. The number of phenols is 1. The first-order valence-electron chi connectivity index (χ1n) is 13.1. The quantitative estimate of drug-likeness (QED) is 0.131. The third kappa shape index (κ3) is 6.41. The summed E-state index contributed by atoms with van der Waals surface area (Å²) in [7, 11) is 1.10. The maximum atomic E-state index is 15.5. The second-order valence-corrected chi connectivity index (χ2v) is 12.2. The fraction of sp³-hybridized carbons (Fsp3) is 0.429. The van der Waals surface area contributed by atoms with Crippen LogP contribution in [0.1, 0.15) is 49.9 Å². The van der Waals surface area contributed by atoms with Crippen molar-refractivity contribution < 1.29 is 46.2 Å². The first kappa shape index (κ1) is 33.2. The van der Waals surface area contributed by atoms with Crippen molar-refractivity contribution in [3.8, 4) is 17.2 Å². The van der Waals surface area contributed by atoms with Crippen molar-refractivity contribution in [2.45, 2.75) is 68.5 Å². The number of hydrogen-bond acceptors (Lipinski definition) is 6. The summed E-state index contributed by atoms with van der Waals surface area (Å²) >= 11 is 12.6. The van der Waals surface area contributed by atoms with Crippen LogP contribution in [0, 0.1) is 0 Å². The molecule has 0 bridgehead atoms. The van der Waals surface area contributed by atoms with Crippen molar-refractivity contribution in [2.75, 3.05) is 12.1 Å². The van der Waals surface area contributed by atoms with E-state index < -0.39 is 77.9 Å². The average molecular weight is 665 g/mol. The molecule has 0 aromatic heterocycles. The van der Waals surface area contributed by atoms with Gasteiger partial charge in [0.25, 0.3) is 18.2 Å². The lowest BCUT2D eigenvalue weighted by Gasteiger charge is -2.29. The zero-order valence-corrected chi connectivity index (χ0v) is 25.0. The number of hydrazone groups is 1. The molecule has 3 N–H and O–H groups in total. The van der Waals surface area contributed by atoms with Crippen molar-refractivity contribution in [3.05, 3.63) is 45.9 Å². The van der Waals surface area contributed by atoms with Crippen molar-refractivity contribution >= 4 is 52.8 Å². The minimum Gasteiger partial charge on any atom is -0.507 e. The van der Waals surface area contributed by atoms with Crippen LogP contribution in [0.5, 0.6) is 17.2 Å². The van der Waals surface area contributed by atoms with Gasteiger partial charge in [-0.15, -0.1) is 0 Å². The van der Waals surface area contributed by atoms with Gasteiger partial charge in [0.1, 0.15) is 28.5 Å². The number of amides is 3. The van der Waals surface area contributed by atoms with Crippen LogP contribution >= 0.6 is 23.2 Å². The average Bonchev–Trinajstić information content (AvgIpc) is 3.19. The highest BCUT2D eigenvalue weighted by Crippen LogP contribution is 2.62. The van der Waals surface area contributed by atoms with Gasteiger partial charge in [-0.25, -0.2) is 27.0 Å². The maximum absolute atomic E-state index is 15.5.